The molecule has 1 atom stereocenters. The molecule has 1 amide bonds. The highest BCUT2D eigenvalue weighted by atomic mass is 35.5. The molecule has 2 aliphatic heterocycles. The molecule has 1 unspecified atom stereocenters. The Morgan fingerprint density at radius 2 is 2.04 bits per heavy atom. The summed E-state index contributed by atoms with van der Waals surface area (Å²) in [5, 5.41) is 2.88. The van der Waals surface area contributed by atoms with Crippen LogP contribution in [0.5, 0.6) is 0 Å². The summed E-state index contributed by atoms with van der Waals surface area (Å²) in [6, 6.07) is 4.51. The summed E-state index contributed by atoms with van der Waals surface area (Å²) in [5.41, 5.74) is 0.415. The van der Waals surface area contributed by atoms with Gasteiger partial charge in [-0.2, -0.15) is 4.31 Å². The molecular weight excluding hydrogens is 380 g/mol. The lowest BCUT2D eigenvalue weighted by Crippen LogP contribution is -2.40. The maximum Gasteiger partial charge on any atom is 0.244 e. The molecule has 9 heteroatoms. The van der Waals surface area contributed by atoms with Crippen LogP contribution in [0.25, 0.3) is 0 Å². The van der Waals surface area contributed by atoms with Crippen molar-refractivity contribution >= 4 is 33.2 Å². The van der Waals surface area contributed by atoms with Crippen LogP contribution in [0.1, 0.15) is 25.7 Å². The number of rotatable bonds is 6. The zero-order valence-electron chi connectivity index (χ0n) is 14.4. The Balaban J connectivity index is 1.67. The normalized spacial score (nSPS) is 21.7. The summed E-state index contributed by atoms with van der Waals surface area (Å²) in [6.45, 7) is 2.05. The highest BCUT2D eigenvalue weighted by molar-refractivity contribution is 7.89. The lowest BCUT2D eigenvalue weighted by molar-refractivity contribution is -0.116. The van der Waals surface area contributed by atoms with Crippen molar-refractivity contribution in [2.75, 3.05) is 38.2 Å². The van der Waals surface area contributed by atoms with Crippen molar-refractivity contribution in [3.63, 3.8) is 0 Å². The van der Waals surface area contributed by atoms with E-state index in [4.69, 9.17) is 21.1 Å². The molecule has 1 aromatic carbocycles. The molecule has 2 saturated heterocycles. The lowest BCUT2D eigenvalue weighted by atomic mass is 10.1. The van der Waals surface area contributed by atoms with Gasteiger partial charge in [-0.1, -0.05) is 11.6 Å². The number of benzene rings is 1. The Kier molecular flexibility index (Phi) is 6.52. The number of nitrogens with zero attached hydrogens (tertiary/aromatic N) is 1. The van der Waals surface area contributed by atoms with Gasteiger partial charge in [0.2, 0.25) is 15.9 Å². The molecule has 26 heavy (non-hydrogen) atoms. The average molecular weight is 403 g/mol. The van der Waals surface area contributed by atoms with Gasteiger partial charge in [-0.25, -0.2) is 8.42 Å². The molecule has 3 rings (SSSR count). The number of carbonyl (C=O) groups is 1. The first-order valence-electron chi connectivity index (χ1n) is 8.76. The van der Waals surface area contributed by atoms with Crippen LogP contribution in [0.15, 0.2) is 23.1 Å². The van der Waals surface area contributed by atoms with Gasteiger partial charge in [0.05, 0.1) is 24.3 Å². The molecule has 1 N–H and O–H groups in total. The monoisotopic (exact) mass is 402 g/mol. The van der Waals surface area contributed by atoms with Crippen molar-refractivity contribution in [2.24, 2.45) is 0 Å². The molecule has 2 aliphatic rings. The van der Waals surface area contributed by atoms with Crippen LogP contribution >= 0.6 is 11.6 Å². The van der Waals surface area contributed by atoms with E-state index < -0.39 is 10.0 Å². The number of hydrogen-bond acceptors (Lipinski definition) is 5. The fourth-order valence-electron chi connectivity index (χ4n) is 3.09. The third-order valence-corrected chi connectivity index (χ3v) is 6.90. The number of halogens is 1. The standard InChI is InChI=1S/C17H23ClN2O5S/c18-15-5-3-13(19-17(21)6-4-14-2-1-9-25-14)12-16(15)26(22,23)20-7-10-24-11-8-20/h3,5,12,14H,1-2,4,6-11H2,(H,19,21). The Morgan fingerprint density at radius 3 is 2.73 bits per heavy atom. The van der Waals surface area contributed by atoms with E-state index in [2.05, 4.69) is 5.32 Å². The predicted molar refractivity (Wildman–Crippen MR) is 97.9 cm³/mol. The molecule has 0 radical (unpaired) electrons. The summed E-state index contributed by atoms with van der Waals surface area (Å²) < 4.78 is 37.7. The van der Waals surface area contributed by atoms with E-state index in [0.29, 0.717) is 31.7 Å². The lowest BCUT2D eigenvalue weighted by Gasteiger charge is -2.26. The first-order valence-corrected chi connectivity index (χ1v) is 10.6. The van der Waals surface area contributed by atoms with E-state index >= 15 is 0 Å². The molecule has 2 heterocycles. The van der Waals surface area contributed by atoms with Crippen LogP contribution in [0, 0.1) is 0 Å². The third-order valence-electron chi connectivity index (χ3n) is 4.52. The summed E-state index contributed by atoms with van der Waals surface area (Å²) >= 11 is 6.12. The smallest absolute Gasteiger partial charge is 0.244 e. The van der Waals surface area contributed by atoms with Crippen LogP contribution in [0.3, 0.4) is 0 Å². The Labute approximate surface area is 158 Å². The van der Waals surface area contributed by atoms with Gasteiger partial charge in [0, 0.05) is 31.8 Å². The quantitative estimate of drug-likeness (QED) is 0.788. The number of anilines is 1. The van der Waals surface area contributed by atoms with E-state index in [0.717, 1.165) is 19.4 Å². The zero-order valence-corrected chi connectivity index (χ0v) is 16.0. The van der Waals surface area contributed by atoms with Crippen molar-refractivity contribution < 1.29 is 22.7 Å². The number of ether oxygens (including phenoxy) is 2. The summed E-state index contributed by atoms with van der Waals surface area (Å²) in [5.74, 6) is -0.169. The van der Waals surface area contributed by atoms with Crippen LogP contribution in [0.4, 0.5) is 5.69 Å². The fraction of sp³-hybridized carbons (Fsp3) is 0.588. The number of sulfonamides is 1. The van der Waals surface area contributed by atoms with Crippen LogP contribution in [-0.2, 0) is 24.3 Å². The van der Waals surface area contributed by atoms with Crippen molar-refractivity contribution in [1.82, 2.24) is 4.31 Å². The van der Waals surface area contributed by atoms with Crippen molar-refractivity contribution in [2.45, 2.75) is 36.7 Å². The van der Waals surface area contributed by atoms with Crippen molar-refractivity contribution in [1.29, 1.82) is 0 Å². The molecule has 144 valence electrons. The number of morpholine rings is 1. The van der Waals surface area contributed by atoms with E-state index in [1.54, 1.807) is 6.07 Å². The van der Waals surface area contributed by atoms with Gasteiger partial charge in [-0.05, 0) is 37.5 Å². The number of nitrogens with one attached hydrogen (secondary N) is 1. The van der Waals surface area contributed by atoms with Gasteiger partial charge < -0.3 is 14.8 Å². The SMILES string of the molecule is O=C(CCC1CCCO1)Nc1ccc(Cl)c(S(=O)(=O)N2CCOCC2)c1. The van der Waals surface area contributed by atoms with E-state index in [9.17, 15) is 13.2 Å². The minimum Gasteiger partial charge on any atom is -0.379 e. The largest absolute Gasteiger partial charge is 0.379 e. The topological polar surface area (TPSA) is 84.9 Å². The first-order chi connectivity index (χ1) is 12.5. The van der Waals surface area contributed by atoms with Crippen LogP contribution in [-0.4, -0.2) is 57.6 Å². The second kappa shape index (κ2) is 8.67. The summed E-state index contributed by atoms with van der Waals surface area (Å²) in [7, 11) is -3.73. The van der Waals surface area contributed by atoms with Crippen molar-refractivity contribution in [3.8, 4) is 0 Å². The molecular formula is C17H23ClN2O5S. The predicted octanol–water partition coefficient (Wildman–Crippen LogP) is 2.26. The van der Waals surface area contributed by atoms with Gasteiger partial charge in [-0.3, -0.25) is 4.79 Å². The molecule has 1 aromatic rings. The highest BCUT2D eigenvalue weighted by Crippen LogP contribution is 2.28. The maximum absolute atomic E-state index is 12.8. The molecule has 0 bridgehead atoms. The van der Waals surface area contributed by atoms with Crippen LogP contribution < -0.4 is 5.32 Å². The van der Waals surface area contributed by atoms with E-state index in [-0.39, 0.29) is 35.0 Å². The minimum atomic E-state index is -3.73. The second-order valence-corrected chi connectivity index (χ2v) is 8.70. The Morgan fingerprint density at radius 1 is 1.27 bits per heavy atom. The molecule has 0 aliphatic carbocycles. The van der Waals surface area contributed by atoms with Gasteiger partial charge in [0.1, 0.15) is 4.90 Å². The molecule has 0 aromatic heterocycles. The van der Waals surface area contributed by atoms with Crippen LogP contribution in [0.2, 0.25) is 5.02 Å². The van der Waals surface area contributed by atoms with E-state index in [1.165, 1.54) is 16.4 Å². The number of carbonyl (C=O) groups excluding carboxylic acids is 1. The van der Waals surface area contributed by atoms with E-state index in [1.807, 2.05) is 0 Å². The maximum atomic E-state index is 12.8. The number of hydrogen-bond donors (Lipinski definition) is 1. The zero-order chi connectivity index (χ0) is 18.6. The molecule has 7 nitrogen and oxygen atoms in total. The first kappa shape index (κ1) is 19.6. The van der Waals surface area contributed by atoms with Gasteiger partial charge >= 0.3 is 0 Å². The molecule has 0 saturated carbocycles. The Bertz CT molecular complexity index is 744. The second-order valence-electron chi connectivity index (χ2n) is 6.38. The number of amides is 1. The van der Waals surface area contributed by atoms with Gasteiger partial charge in [0.25, 0.3) is 0 Å². The molecule has 0 spiro atoms. The Hall–Kier alpha value is -1.19. The average Bonchev–Trinajstić information content (AvgIpc) is 3.16. The summed E-state index contributed by atoms with van der Waals surface area (Å²) in [4.78, 5) is 12.1. The summed E-state index contributed by atoms with van der Waals surface area (Å²) in [6.07, 6.45) is 3.16. The van der Waals surface area contributed by atoms with Gasteiger partial charge in [0.15, 0.2) is 0 Å². The third kappa shape index (κ3) is 4.75. The molecule has 2 fully saturated rings. The van der Waals surface area contributed by atoms with Crippen molar-refractivity contribution in [3.05, 3.63) is 23.2 Å². The van der Waals surface area contributed by atoms with Gasteiger partial charge in [-0.15, -0.1) is 0 Å². The fourth-order valence-corrected chi connectivity index (χ4v) is 5.00. The highest BCUT2D eigenvalue weighted by Gasteiger charge is 2.28. The minimum absolute atomic E-state index is 0.00186.